The smallest absolute Gasteiger partial charge is 0.0138 e. The molecular formula is C30H44P2. The fraction of sp³-hybridized carbons (Fsp3) is 0.800. The molecule has 1 aromatic rings. The van der Waals surface area contributed by atoms with Crippen molar-refractivity contribution in [1.29, 1.82) is 0 Å². The molecule has 7 rings (SSSR count). The van der Waals surface area contributed by atoms with Crippen molar-refractivity contribution in [2.45, 2.75) is 125 Å². The maximum atomic E-state index is 2.72. The highest BCUT2D eigenvalue weighted by Gasteiger charge is 2.49. The molecular weight excluding hydrogens is 422 g/mol. The minimum atomic E-state index is 0.0518. The fourth-order valence-corrected chi connectivity index (χ4v) is 19.0. The monoisotopic (exact) mass is 466 g/mol. The van der Waals surface area contributed by atoms with E-state index in [1.54, 1.807) is 77.0 Å². The Labute approximate surface area is 199 Å². The third-order valence-corrected chi connectivity index (χ3v) is 18.8. The van der Waals surface area contributed by atoms with Gasteiger partial charge in [0.15, 0.2) is 0 Å². The van der Waals surface area contributed by atoms with Crippen LogP contribution in [-0.4, -0.2) is 22.6 Å². The summed E-state index contributed by atoms with van der Waals surface area (Å²) in [5.74, 6) is 4.33. The summed E-state index contributed by atoms with van der Waals surface area (Å²) >= 11 is 0. The summed E-state index contributed by atoms with van der Waals surface area (Å²) in [7, 11) is 0.104. The Balaban J connectivity index is 1.34. The number of benzene rings is 1. The number of fused-ring (bicyclic) bond motifs is 4. The van der Waals surface area contributed by atoms with Gasteiger partial charge in [-0.3, -0.25) is 0 Å². The van der Waals surface area contributed by atoms with E-state index >= 15 is 0 Å². The summed E-state index contributed by atoms with van der Waals surface area (Å²) in [6.45, 7) is 0. The van der Waals surface area contributed by atoms with Crippen LogP contribution in [0, 0.1) is 23.7 Å². The Morgan fingerprint density at radius 2 is 0.719 bits per heavy atom. The summed E-state index contributed by atoms with van der Waals surface area (Å²) < 4.78 is 0. The molecule has 6 unspecified atom stereocenters. The molecule has 4 saturated carbocycles. The van der Waals surface area contributed by atoms with Crippen LogP contribution in [0.1, 0.15) is 103 Å². The molecule has 2 heterocycles. The van der Waals surface area contributed by atoms with Crippen molar-refractivity contribution in [2.75, 3.05) is 0 Å². The number of hydrogen-bond donors (Lipinski definition) is 0. The molecule has 174 valence electrons. The number of rotatable bonds is 2. The van der Waals surface area contributed by atoms with Gasteiger partial charge in [-0.2, -0.15) is 0 Å². The largest absolute Gasteiger partial charge is 0.0677 e. The SMILES string of the molecule is c1ccc(P2C3CCC[C@@H]3CCC3CCC[C@@H]32)c(P2C3CCC[C@@H]3CCC3CCC[C@@H]32)c1. The van der Waals surface area contributed by atoms with E-state index in [2.05, 4.69) is 24.3 Å². The van der Waals surface area contributed by atoms with Crippen LogP contribution in [0.5, 0.6) is 0 Å². The maximum absolute atomic E-state index is 2.72. The molecule has 2 aliphatic heterocycles. The molecule has 0 radical (unpaired) electrons. The van der Waals surface area contributed by atoms with Crippen molar-refractivity contribution >= 4 is 26.5 Å². The lowest BCUT2D eigenvalue weighted by Crippen LogP contribution is -2.36. The first-order valence-electron chi connectivity index (χ1n) is 14.5. The maximum Gasteiger partial charge on any atom is -0.0138 e. The van der Waals surface area contributed by atoms with Crippen molar-refractivity contribution in [3.63, 3.8) is 0 Å². The van der Waals surface area contributed by atoms with E-state index in [1.807, 2.05) is 10.6 Å². The molecule has 4 aliphatic carbocycles. The molecule has 0 bridgehead atoms. The fourth-order valence-electron chi connectivity index (χ4n) is 9.84. The van der Waals surface area contributed by atoms with Crippen LogP contribution in [0.15, 0.2) is 24.3 Å². The van der Waals surface area contributed by atoms with Gasteiger partial charge in [0.05, 0.1) is 0 Å². The molecule has 2 saturated heterocycles. The molecule has 1 aromatic carbocycles. The average molecular weight is 467 g/mol. The van der Waals surface area contributed by atoms with E-state index in [0.717, 1.165) is 46.3 Å². The first-order valence-corrected chi connectivity index (χ1v) is 17.5. The minimum Gasteiger partial charge on any atom is -0.0677 e. The van der Waals surface area contributed by atoms with Crippen molar-refractivity contribution in [1.82, 2.24) is 0 Å². The highest BCUT2D eigenvalue weighted by Crippen LogP contribution is 2.66. The zero-order valence-electron chi connectivity index (χ0n) is 20.1. The van der Waals surface area contributed by atoms with Crippen molar-refractivity contribution in [3.8, 4) is 0 Å². The minimum absolute atomic E-state index is 0.0518. The molecule has 0 amide bonds. The van der Waals surface area contributed by atoms with Crippen LogP contribution in [0.3, 0.4) is 0 Å². The van der Waals surface area contributed by atoms with E-state index in [1.165, 1.54) is 25.7 Å². The lowest BCUT2D eigenvalue weighted by atomic mass is 9.94. The number of hydrogen-bond acceptors (Lipinski definition) is 0. The van der Waals surface area contributed by atoms with Crippen molar-refractivity contribution in [2.24, 2.45) is 23.7 Å². The highest BCUT2D eigenvalue weighted by molar-refractivity contribution is 7.73. The topological polar surface area (TPSA) is 0 Å². The quantitative estimate of drug-likeness (QED) is 0.386. The average Bonchev–Trinajstić information content (AvgIpc) is 3.61. The molecule has 0 aromatic heterocycles. The van der Waals surface area contributed by atoms with Gasteiger partial charge in [-0.1, -0.05) is 65.8 Å². The standard InChI is InChI=1S/C30H44P2/c1-2-12-30(32-27-15-5-9-23(27)19-20-24-10-6-16-28(24)32)29(11-1)31-25-13-3-7-21(25)17-18-22-8-4-14-26(22)31/h1-2,11-12,21-28H,3-10,13-20H2/t21-,22?,23-,24?,25?,26+,27?,28+,31?,32?/m1/s1. The Morgan fingerprint density at radius 1 is 0.406 bits per heavy atom. The van der Waals surface area contributed by atoms with Crippen LogP contribution in [-0.2, 0) is 0 Å². The van der Waals surface area contributed by atoms with E-state index in [0.29, 0.717) is 0 Å². The molecule has 0 nitrogen and oxygen atoms in total. The first-order chi connectivity index (χ1) is 15.9. The van der Waals surface area contributed by atoms with Gasteiger partial charge in [0.25, 0.3) is 0 Å². The second-order valence-corrected chi connectivity index (χ2v) is 17.7. The Hall–Kier alpha value is 0.0800. The predicted molar refractivity (Wildman–Crippen MR) is 143 cm³/mol. The van der Waals surface area contributed by atoms with Gasteiger partial charge in [0.2, 0.25) is 0 Å². The second kappa shape index (κ2) is 8.94. The summed E-state index contributed by atoms with van der Waals surface area (Å²) in [4.78, 5) is 0. The Morgan fingerprint density at radius 3 is 1.03 bits per heavy atom. The molecule has 0 N–H and O–H groups in total. The van der Waals surface area contributed by atoms with E-state index in [4.69, 9.17) is 0 Å². The van der Waals surface area contributed by atoms with Gasteiger partial charge in [-0.25, -0.2) is 0 Å². The first kappa shape index (κ1) is 21.4. The molecule has 32 heavy (non-hydrogen) atoms. The molecule has 0 spiro atoms. The van der Waals surface area contributed by atoms with Gasteiger partial charge in [-0.15, -0.1) is 0 Å². The second-order valence-electron chi connectivity index (χ2n) is 12.5. The van der Waals surface area contributed by atoms with Crippen LogP contribution in [0.25, 0.3) is 0 Å². The van der Waals surface area contributed by atoms with E-state index < -0.39 is 0 Å². The van der Waals surface area contributed by atoms with Crippen LogP contribution in [0.2, 0.25) is 0 Å². The van der Waals surface area contributed by atoms with Gasteiger partial charge in [-0.05, 0) is 134 Å². The molecule has 6 aliphatic rings. The van der Waals surface area contributed by atoms with E-state index in [9.17, 15) is 0 Å². The third-order valence-electron chi connectivity index (χ3n) is 11.2. The van der Waals surface area contributed by atoms with Gasteiger partial charge in [0, 0.05) is 0 Å². The van der Waals surface area contributed by atoms with Crippen LogP contribution >= 0.6 is 15.8 Å². The third kappa shape index (κ3) is 3.51. The van der Waals surface area contributed by atoms with E-state index in [-0.39, 0.29) is 15.8 Å². The Bertz CT molecular complexity index is 708. The summed E-state index contributed by atoms with van der Waals surface area (Å²) in [6, 6.07) is 10.4. The molecule has 6 fully saturated rings. The van der Waals surface area contributed by atoms with Gasteiger partial charge in [0.1, 0.15) is 0 Å². The summed E-state index contributed by atoms with van der Waals surface area (Å²) in [5.41, 5.74) is 4.33. The zero-order chi connectivity index (χ0) is 21.1. The summed E-state index contributed by atoms with van der Waals surface area (Å²) in [6.07, 6.45) is 25.0. The normalized spacial score (nSPS) is 47.9. The summed E-state index contributed by atoms with van der Waals surface area (Å²) in [5, 5.41) is 3.98. The lowest BCUT2D eigenvalue weighted by Gasteiger charge is -2.40. The van der Waals surface area contributed by atoms with Crippen LogP contribution in [0.4, 0.5) is 0 Å². The Kier molecular flexibility index (Phi) is 5.97. The lowest BCUT2D eigenvalue weighted by molar-refractivity contribution is 0.427. The molecule has 2 heteroatoms. The van der Waals surface area contributed by atoms with Crippen molar-refractivity contribution < 1.29 is 0 Å². The highest BCUT2D eigenvalue weighted by atomic mass is 31.1. The van der Waals surface area contributed by atoms with Gasteiger partial charge < -0.3 is 0 Å². The predicted octanol–water partition coefficient (Wildman–Crippen LogP) is 8.16. The molecule has 10 atom stereocenters. The zero-order valence-corrected chi connectivity index (χ0v) is 21.9. The van der Waals surface area contributed by atoms with Crippen molar-refractivity contribution in [3.05, 3.63) is 24.3 Å². The van der Waals surface area contributed by atoms with Gasteiger partial charge >= 0.3 is 0 Å². The van der Waals surface area contributed by atoms with Crippen LogP contribution < -0.4 is 10.6 Å².